The molecule has 1 aromatic rings. The van der Waals surface area contributed by atoms with Crippen LogP contribution in [0.15, 0.2) is 4.42 Å². The number of rotatable bonds is 6. The monoisotopic (exact) mass is 268 g/mol. The normalized spacial score (nSPS) is 17.4. The molecular weight excluding hydrogens is 244 g/mol. The molecule has 0 aromatic carbocycles. The molecule has 0 radical (unpaired) electrons. The number of nitrogens with zero attached hydrogens (tertiary/aromatic N) is 3. The first kappa shape index (κ1) is 14.3. The van der Waals surface area contributed by atoms with E-state index in [0.717, 1.165) is 32.5 Å². The Labute approximate surface area is 114 Å². The highest BCUT2D eigenvalue weighted by Gasteiger charge is 2.22. The van der Waals surface area contributed by atoms with Gasteiger partial charge in [0.1, 0.15) is 0 Å². The Hall–Kier alpha value is -1.14. The second-order valence-corrected chi connectivity index (χ2v) is 5.16. The minimum atomic E-state index is 0.381. The molecule has 0 unspecified atom stereocenters. The fourth-order valence-electron chi connectivity index (χ4n) is 2.18. The van der Waals surface area contributed by atoms with Crippen LogP contribution < -0.4 is 10.2 Å². The summed E-state index contributed by atoms with van der Waals surface area (Å²) in [7, 11) is 0. The fourth-order valence-corrected chi connectivity index (χ4v) is 2.18. The third-order valence-corrected chi connectivity index (χ3v) is 3.23. The van der Waals surface area contributed by atoms with E-state index < -0.39 is 0 Å². The quantitative estimate of drug-likeness (QED) is 0.845. The maximum Gasteiger partial charge on any atom is 0.318 e. The van der Waals surface area contributed by atoms with E-state index in [-0.39, 0.29) is 0 Å². The molecule has 6 nitrogen and oxygen atoms in total. The Balaban J connectivity index is 1.82. The lowest BCUT2D eigenvalue weighted by Gasteiger charge is -2.30. The van der Waals surface area contributed by atoms with E-state index in [9.17, 15) is 0 Å². The number of hydrogen-bond acceptors (Lipinski definition) is 6. The topological polar surface area (TPSA) is 63.4 Å². The molecule has 1 saturated heterocycles. The molecule has 0 bridgehead atoms. The zero-order valence-electron chi connectivity index (χ0n) is 12.1. The molecule has 2 heterocycles. The molecule has 0 atom stereocenters. The molecule has 6 heteroatoms. The van der Waals surface area contributed by atoms with Gasteiger partial charge in [0.05, 0.1) is 12.6 Å². The second kappa shape index (κ2) is 6.86. The van der Waals surface area contributed by atoms with E-state index >= 15 is 0 Å². The maximum absolute atomic E-state index is 5.67. The Morgan fingerprint density at radius 3 is 2.74 bits per heavy atom. The van der Waals surface area contributed by atoms with Gasteiger partial charge in [-0.1, -0.05) is 18.9 Å². The van der Waals surface area contributed by atoms with Crippen molar-refractivity contribution in [1.29, 1.82) is 0 Å². The minimum absolute atomic E-state index is 0.381. The van der Waals surface area contributed by atoms with Crippen molar-refractivity contribution >= 4 is 6.01 Å². The largest absolute Gasteiger partial charge is 0.407 e. The van der Waals surface area contributed by atoms with Gasteiger partial charge in [0.15, 0.2) is 0 Å². The summed E-state index contributed by atoms with van der Waals surface area (Å²) >= 11 is 0. The molecule has 0 saturated carbocycles. The van der Waals surface area contributed by atoms with E-state index in [1.54, 1.807) is 0 Å². The van der Waals surface area contributed by atoms with Gasteiger partial charge >= 0.3 is 6.01 Å². The van der Waals surface area contributed by atoms with Crippen LogP contribution in [-0.4, -0.2) is 42.0 Å². The van der Waals surface area contributed by atoms with Crippen molar-refractivity contribution in [3.05, 3.63) is 5.89 Å². The molecule has 0 aliphatic carbocycles. The summed E-state index contributed by atoms with van der Waals surface area (Å²) in [5, 5.41) is 11.5. The van der Waals surface area contributed by atoms with Crippen LogP contribution in [0.1, 0.15) is 39.5 Å². The van der Waals surface area contributed by atoms with Gasteiger partial charge in [0.2, 0.25) is 5.89 Å². The Morgan fingerprint density at radius 2 is 2.11 bits per heavy atom. The van der Waals surface area contributed by atoms with Crippen LogP contribution in [0.3, 0.4) is 0 Å². The summed E-state index contributed by atoms with van der Waals surface area (Å²) in [5.41, 5.74) is 0. The summed E-state index contributed by atoms with van der Waals surface area (Å²) in [5.74, 6) is 0.649. The van der Waals surface area contributed by atoms with Gasteiger partial charge in [-0.05, 0) is 19.8 Å². The molecule has 1 aliphatic heterocycles. The zero-order valence-corrected chi connectivity index (χ0v) is 12.1. The second-order valence-electron chi connectivity index (χ2n) is 5.16. The van der Waals surface area contributed by atoms with Gasteiger partial charge in [0.25, 0.3) is 0 Å². The van der Waals surface area contributed by atoms with Crippen molar-refractivity contribution in [3.63, 3.8) is 0 Å². The Morgan fingerprint density at radius 1 is 1.37 bits per heavy atom. The highest BCUT2D eigenvalue weighted by atomic mass is 16.5. The van der Waals surface area contributed by atoms with E-state index in [4.69, 9.17) is 9.15 Å². The number of hydrogen-bond donors (Lipinski definition) is 1. The molecule has 0 spiro atoms. The van der Waals surface area contributed by atoms with Gasteiger partial charge in [0, 0.05) is 25.7 Å². The van der Waals surface area contributed by atoms with Gasteiger partial charge in [-0.15, -0.1) is 5.10 Å². The molecule has 1 aromatic heterocycles. The van der Waals surface area contributed by atoms with Crippen molar-refractivity contribution in [2.45, 2.75) is 52.3 Å². The Kier molecular flexibility index (Phi) is 5.15. The minimum Gasteiger partial charge on any atom is -0.407 e. The molecule has 1 fully saturated rings. The first-order chi connectivity index (χ1) is 9.19. The summed E-state index contributed by atoms with van der Waals surface area (Å²) in [6.45, 7) is 9.48. The standard InChI is InChI=1S/C13H24N4O2/c1-4-18-11-5-7-17(8-6-11)13-16-15-12(19-13)9-14-10(2)3/h10-11,14H,4-9H2,1-3H3. The SMILES string of the molecule is CCOC1CCN(c2nnc(CNC(C)C)o2)CC1. The number of nitrogens with one attached hydrogen (secondary N) is 1. The highest BCUT2D eigenvalue weighted by molar-refractivity contribution is 5.24. The van der Waals surface area contributed by atoms with Crippen LogP contribution in [-0.2, 0) is 11.3 Å². The lowest BCUT2D eigenvalue weighted by Crippen LogP contribution is -2.37. The fraction of sp³-hybridized carbons (Fsp3) is 0.846. The molecule has 108 valence electrons. The first-order valence-electron chi connectivity index (χ1n) is 7.11. The average Bonchev–Trinajstić information content (AvgIpc) is 2.86. The van der Waals surface area contributed by atoms with Crippen molar-refractivity contribution < 1.29 is 9.15 Å². The molecular formula is C13H24N4O2. The van der Waals surface area contributed by atoms with Gasteiger partial charge in [-0.25, -0.2) is 0 Å². The lowest BCUT2D eigenvalue weighted by atomic mass is 10.1. The van der Waals surface area contributed by atoms with Crippen molar-refractivity contribution in [1.82, 2.24) is 15.5 Å². The van der Waals surface area contributed by atoms with Crippen molar-refractivity contribution in [3.8, 4) is 0 Å². The summed E-state index contributed by atoms with van der Waals surface area (Å²) in [6, 6.07) is 1.05. The number of aromatic nitrogens is 2. The van der Waals surface area contributed by atoms with E-state index in [2.05, 4.69) is 34.3 Å². The smallest absolute Gasteiger partial charge is 0.318 e. The highest BCUT2D eigenvalue weighted by Crippen LogP contribution is 2.20. The summed E-state index contributed by atoms with van der Waals surface area (Å²) < 4.78 is 11.3. The zero-order chi connectivity index (χ0) is 13.7. The van der Waals surface area contributed by atoms with Crippen LogP contribution in [0, 0.1) is 0 Å². The molecule has 0 amide bonds. The molecule has 2 rings (SSSR count). The van der Waals surface area contributed by atoms with Crippen LogP contribution in [0.5, 0.6) is 0 Å². The first-order valence-corrected chi connectivity index (χ1v) is 7.11. The molecule has 1 aliphatic rings. The summed E-state index contributed by atoms with van der Waals surface area (Å²) in [6.07, 6.45) is 2.43. The van der Waals surface area contributed by atoms with E-state index in [1.807, 2.05) is 6.92 Å². The van der Waals surface area contributed by atoms with Gasteiger partial charge in [-0.2, -0.15) is 0 Å². The third kappa shape index (κ3) is 4.18. The lowest BCUT2D eigenvalue weighted by molar-refractivity contribution is 0.0453. The number of ether oxygens (including phenoxy) is 1. The van der Waals surface area contributed by atoms with Gasteiger partial charge in [-0.3, -0.25) is 0 Å². The third-order valence-electron chi connectivity index (χ3n) is 3.23. The van der Waals surface area contributed by atoms with E-state index in [1.165, 1.54) is 0 Å². The molecule has 1 N–H and O–H groups in total. The van der Waals surface area contributed by atoms with Crippen LogP contribution in [0.4, 0.5) is 6.01 Å². The predicted molar refractivity (Wildman–Crippen MR) is 73.1 cm³/mol. The van der Waals surface area contributed by atoms with Crippen molar-refractivity contribution in [2.24, 2.45) is 0 Å². The molecule has 19 heavy (non-hydrogen) atoms. The average molecular weight is 268 g/mol. The summed E-state index contributed by atoms with van der Waals surface area (Å²) in [4.78, 5) is 2.14. The van der Waals surface area contributed by atoms with Crippen LogP contribution in [0.2, 0.25) is 0 Å². The van der Waals surface area contributed by atoms with Gasteiger partial charge < -0.3 is 19.4 Å². The maximum atomic E-state index is 5.67. The predicted octanol–water partition coefficient (Wildman–Crippen LogP) is 1.57. The van der Waals surface area contributed by atoms with E-state index in [0.29, 0.717) is 30.6 Å². The van der Waals surface area contributed by atoms with Crippen molar-refractivity contribution in [2.75, 3.05) is 24.6 Å². The number of anilines is 1. The Bertz CT molecular complexity index is 372. The number of piperidine rings is 1. The van der Waals surface area contributed by atoms with Crippen LogP contribution >= 0.6 is 0 Å². The van der Waals surface area contributed by atoms with Crippen LogP contribution in [0.25, 0.3) is 0 Å².